The quantitative estimate of drug-likeness (QED) is 0.579. The fourth-order valence-electron chi connectivity index (χ4n) is 4.33. The van der Waals surface area contributed by atoms with Crippen LogP contribution in [0.25, 0.3) is 0 Å². The average Bonchev–Trinajstić information content (AvgIpc) is 2.47. The summed E-state index contributed by atoms with van der Waals surface area (Å²) in [5, 5.41) is 11.2. The third-order valence-electron chi connectivity index (χ3n) is 5.28. The van der Waals surface area contributed by atoms with Crippen molar-refractivity contribution in [2.75, 3.05) is 28.4 Å². The first kappa shape index (κ1) is 18.1. The lowest BCUT2D eigenvalue weighted by Crippen LogP contribution is -2.79. The fraction of sp³-hybridized carbons (Fsp3) is 1.00. The van der Waals surface area contributed by atoms with Crippen LogP contribution in [-0.4, -0.2) is 58.0 Å². The Bertz CT molecular complexity index is 312. The number of hydrogen-bond donors (Lipinski definition) is 1. The Morgan fingerprint density at radius 3 is 2.15 bits per heavy atom. The van der Waals surface area contributed by atoms with Crippen molar-refractivity contribution in [1.82, 2.24) is 5.06 Å². The summed E-state index contributed by atoms with van der Waals surface area (Å²) in [4.78, 5) is 0. The normalized spacial score (nSPS) is 33.6. The highest BCUT2D eigenvalue weighted by atomic mass is 28.4. The lowest BCUT2D eigenvalue weighted by atomic mass is 9.81. The zero-order valence-corrected chi connectivity index (χ0v) is 14.9. The van der Waals surface area contributed by atoms with E-state index in [0.29, 0.717) is 0 Å². The van der Waals surface area contributed by atoms with Crippen molar-refractivity contribution in [3.8, 4) is 0 Å². The molecule has 0 spiro atoms. The van der Waals surface area contributed by atoms with Crippen molar-refractivity contribution in [2.24, 2.45) is 0 Å². The van der Waals surface area contributed by atoms with E-state index in [-0.39, 0.29) is 0 Å². The summed E-state index contributed by atoms with van der Waals surface area (Å²) in [7, 11) is 4.33. The van der Waals surface area contributed by atoms with E-state index in [0.717, 1.165) is 38.1 Å². The number of hydrogen-bond acceptors (Lipinski definition) is 5. The highest BCUT2D eigenvalue weighted by molar-refractivity contribution is 6.71. The Morgan fingerprint density at radius 2 is 1.80 bits per heavy atom. The van der Waals surface area contributed by atoms with Crippen LogP contribution in [-0.2, 0) is 13.6 Å². The molecule has 2 atom stereocenters. The summed E-state index contributed by atoms with van der Waals surface area (Å²) >= 11 is 0. The van der Waals surface area contributed by atoms with Gasteiger partial charge < -0.3 is 18.8 Å². The van der Waals surface area contributed by atoms with Crippen molar-refractivity contribution >= 4 is 8.56 Å². The standard InChI is InChI=1S/C14H31NO4Si/c1-7-10-14(17-4)13(8-2,15(3)16)11-9-12-20(14,18-5)19-6/h16H,7-12H2,1-6H3. The van der Waals surface area contributed by atoms with Crippen LogP contribution in [0, 0.1) is 0 Å². The van der Waals surface area contributed by atoms with Crippen molar-refractivity contribution in [3.05, 3.63) is 0 Å². The molecule has 1 saturated heterocycles. The van der Waals surface area contributed by atoms with Gasteiger partial charge in [0.15, 0.2) is 0 Å². The number of likely N-dealkylation sites (N-methyl/N-ethyl adjacent to an activating group) is 1. The predicted octanol–water partition coefficient (Wildman–Crippen LogP) is 2.71. The van der Waals surface area contributed by atoms with Gasteiger partial charge in [-0.25, -0.2) is 0 Å². The summed E-state index contributed by atoms with van der Waals surface area (Å²) in [6.45, 7) is 4.24. The fourth-order valence-corrected chi connectivity index (χ4v) is 8.72. The predicted molar refractivity (Wildman–Crippen MR) is 81.0 cm³/mol. The maximum atomic E-state index is 10.4. The minimum absolute atomic E-state index is 0.450. The second-order valence-corrected chi connectivity index (χ2v) is 9.33. The third-order valence-corrected chi connectivity index (χ3v) is 9.76. The van der Waals surface area contributed by atoms with Gasteiger partial charge in [0.25, 0.3) is 0 Å². The van der Waals surface area contributed by atoms with Crippen LogP contribution in [0.1, 0.15) is 46.0 Å². The van der Waals surface area contributed by atoms with Gasteiger partial charge in [0, 0.05) is 28.4 Å². The molecule has 1 heterocycles. The maximum Gasteiger partial charge on any atom is 0.372 e. The number of rotatable bonds is 7. The molecule has 0 amide bonds. The van der Waals surface area contributed by atoms with Crippen LogP contribution in [0.4, 0.5) is 0 Å². The maximum absolute atomic E-state index is 10.4. The number of methoxy groups -OCH3 is 1. The van der Waals surface area contributed by atoms with Crippen molar-refractivity contribution in [3.63, 3.8) is 0 Å². The van der Waals surface area contributed by atoms with Gasteiger partial charge in [-0.05, 0) is 31.7 Å². The number of ether oxygens (including phenoxy) is 1. The van der Waals surface area contributed by atoms with Crippen molar-refractivity contribution < 1.29 is 18.8 Å². The van der Waals surface area contributed by atoms with E-state index in [2.05, 4.69) is 13.8 Å². The van der Waals surface area contributed by atoms with Gasteiger partial charge in [-0.15, -0.1) is 0 Å². The highest BCUT2D eigenvalue weighted by Crippen LogP contribution is 2.52. The minimum atomic E-state index is -2.57. The van der Waals surface area contributed by atoms with Gasteiger partial charge in [0.2, 0.25) is 0 Å². The molecule has 0 saturated carbocycles. The third kappa shape index (κ3) is 2.26. The summed E-state index contributed by atoms with van der Waals surface area (Å²) in [5.41, 5.74) is -0.450. The zero-order chi connectivity index (χ0) is 15.4. The van der Waals surface area contributed by atoms with Crippen LogP contribution in [0.15, 0.2) is 0 Å². The van der Waals surface area contributed by atoms with E-state index < -0.39 is 19.3 Å². The first-order valence-electron chi connectivity index (χ1n) is 7.54. The smallest absolute Gasteiger partial charge is 0.372 e. The van der Waals surface area contributed by atoms with Crippen molar-refractivity contribution in [2.45, 2.75) is 62.8 Å². The first-order chi connectivity index (χ1) is 9.45. The molecule has 0 bridgehead atoms. The van der Waals surface area contributed by atoms with Crippen molar-refractivity contribution in [1.29, 1.82) is 0 Å². The van der Waals surface area contributed by atoms with Gasteiger partial charge in [-0.3, -0.25) is 0 Å². The molecule has 0 aliphatic carbocycles. The zero-order valence-electron chi connectivity index (χ0n) is 13.9. The van der Waals surface area contributed by atoms with Gasteiger partial charge in [-0.2, -0.15) is 5.06 Å². The lowest BCUT2D eigenvalue weighted by Gasteiger charge is -2.60. The minimum Gasteiger partial charge on any atom is -0.396 e. The molecule has 1 aliphatic heterocycles. The molecule has 5 nitrogen and oxygen atoms in total. The molecule has 0 radical (unpaired) electrons. The second kappa shape index (κ2) is 6.85. The summed E-state index contributed by atoms with van der Waals surface area (Å²) in [6.07, 6.45) is 4.48. The van der Waals surface area contributed by atoms with E-state index in [4.69, 9.17) is 13.6 Å². The number of nitrogens with zero attached hydrogens (tertiary/aromatic N) is 1. The molecular formula is C14H31NO4Si. The Hall–Kier alpha value is 0.0169. The van der Waals surface area contributed by atoms with E-state index >= 15 is 0 Å². The molecule has 120 valence electrons. The largest absolute Gasteiger partial charge is 0.396 e. The Morgan fingerprint density at radius 1 is 1.20 bits per heavy atom. The number of hydroxylamine groups is 2. The molecular weight excluding hydrogens is 274 g/mol. The lowest BCUT2D eigenvalue weighted by molar-refractivity contribution is -0.231. The molecule has 1 aliphatic rings. The van der Waals surface area contributed by atoms with E-state index in [1.165, 1.54) is 5.06 Å². The molecule has 1 rings (SSSR count). The Labute approximate surface area is 124 Å². The first-order valence-corrected chi connectivity index (χ1v) is 9.56. The molecule has 1 N–H and O–H groups in total. The van der Waals surface area contributed by atoms with Gasteiger partial charge >= 0.3 is 8.56 Å². The van der Waals surface area contributed by atoms with Crippen LogP contribution >= 0.6 is 0 Å². The van der Waals surface area contributed by atoms with Gasteiger partial charge in [-0.1, -0.05) is 20.3 Å². The van der Waals surface area contributed by atoms with Crippen LogP contribution < -0.4 is 0 Å². The Kier molecular flexibility index (Phi) is 6.19. The monoisotopic (exact) mass is 305 g/mol. The summed E-state index contributed by atoms with van der Waals surface area (Å²) in [6, 6.07) is 0.906. The van der Waals surface area contributed by atoms with E-state index in [1.54, 1.807) is 28.4 Å². The van der Waals surface area contributed by atoms with Gasteiger partial charge in [0.1, 0.15) is 5.22 Å². The molecule has 20 heavy (non-hydrogen) atoms. The topological polar surface area (TPSA) is 51.2 Å². The summed E-state index contributed by atoms with van der Waals surface area (Å²) in [5.74, 6) is 0. The average molecular weight is 305 g/mol. The summed E-state index contributed by atoms with van der Waals surface area (Å²) < 4.78 is 18.0. The Balaban J connectivity index is 3.49. The van der Waals surface area contributed by atoms with E-state index in [1.807, 2.05) is 0 Å². The molecule has 2 unspecified atom stereocenters. The molecule has 1 fully saturated rings. The second-order valence-electron chi connectivity index (χ2n) is 5.70. The molecule has 0 aromatic rings. The highest BCUT2D eigenvalue weighted by Gasteiger charge is 2.70. The SMILES string of the molecule is CCCC1(OC)C(CC)(N(C)O)CCC[Si]1(OC)OC. The van der Waals surface area contributed by atoms with Crippen LogP contribution in [0.2, 0.25) is 6.04 Å². The van der Waals surface area contributed by atoms with Gasteiger partial charge in [0.05, 0.1) is 5.54 Å². The molecule has 0 aromatic carbocycles. The van der Waals surface area contributed by atoms with E-state index in [9.17, 15) is 5.21 Å². The van der Waals surface area contributed by atoms with Crippen LogP contribution in [0.5, 0.6) is 0 Å². The molecule has 0 aromatic heterocycles. The molecule has 6 heteroatoms. The van der Waals surface area contributed by atoms with Crippen LogP contribution in [0.3, 0.4) is 0 Å².